The Morgan fingerprint density at radius 2 is 1.97 bits per heavy atom. The summed E-state index contributed by atoms with van der Waals surface area (Å²) in [6, 6.07) is 8.82. The smallest absolute Gasteiger partial charge is 0.288 e. The Hall–Kier alpha value is -2.76. The van der Waals surface area contributed by atoms with Crippen LogP contribution in [0.5, 0.6) is 5.75 Å². The van der Waals surface area contributed by atoms with Gasteiger partial charge in [0, 0.05) is 16.1 Å². The average Bonchev–Trinajstić information content (AvgIpc) is 2.67. The van der Waals surface area contributed by atoms with Crippen molar-refractivity contribution in [2.75, 3.05) is 6.61 Å². The van der Waals surface area contributed by atoms with Gasteiger partial charge in [-0.3, -0.25) is 35.9 Å². The highest BCUT2D eigenvalue weighted by Crippen LogP contribution is 2.25. The molecule has 2 aromatic carbocycles. The minimum atomic E-state index is -0.706. The third kappa shape index (κ3) is 6.66. The molecule has 2 rings (SSSR count). The second-order valence-corrected chi connectivity index (χ2v) is 7.25. The van der Waals surface area contributed by atoms with Crippen molar-refractivity contribution < 1.29 is 19.2 Å². The van der Waals surface area contributed by atoms with E-state index in [2.05, 4.69) is 32.1 Å². The highest BCUT2D eigenvalue weighted by Gasteiger charge is 2.16. The van der Waals surface area contributed by atoms with Gasteiger partial charge in [0.05, 0.1) is 4.92 Å². The minimum absolute atomic E-state index is 0.0170. The molecule has 29 heavy (non-hydrogen) atoms. The van der Waals surface area contributed by atoms with Gasteiger partial charge in [-0.25, -0.2) is 0 Å². The number of aryl methyl sites for hydroxylation is 1. The maximum absolute atomic E-state index is 12.1. The molecule has 0 heterocycles. The van der Waals surface area contributed by atoms with Crippen LogP contribution in [0.1, 0.15) is 15.9 Å². The van der Waals surface area contributed by atoms with Gasteiger partial charge < -0.3 is 4.74 Å². The highest BCUT2D eigenvalue weighted by atomic mass is 79.9. The van der Waals surface area contributed by atoms with E-state index in [-0.39, 0.29) is 22.3 Å². The highest BCUT2D eigenvalue weighted by molar-refractivity contribution is 9.10. The molecule has 0 atom stereocenters. The molecule has 12 heteroatoms. The SMILES string of the molecule is Cc1cc(OCC(=O)NC(=S)NNC(=O)c2ccc(Cl)c([N+](=O)[O-])c2)ccc1Br. The fourth-order valence-electron chi connectivity index (χ4n) is 2.03. The molecule has 2 aromatic rings. The maximum atomic E-state index is 12.1. The average molecular weight is 502 g/mol. The predicted octanol–water partition coefficient (Wildman–Crippen LogP) is 3.03. The predicted molar refractivity (Wildman–Crippen MR) is 114 cm³/mol. The molecule has 0 aliphatic heterocycles. The normalized spacial score (nSPS) is 10.0. The summed E-state index contributed by atoms with van der Waals surface area (Å²) >= 11 is 14.0. The zero-order valence-corrected chi connectivity index (χ0v) is 18.0. The summed E-state index contributed by atoms with van der Waals surface area (Å²) in [4.78, 5) is 34.1. The van der Waals surface area contributed by atoms with E-state index in [1.165, 1.54) is 12.1 Å². The van der Waals surface area contributed by atoms with Crippen LogP contribution in [0.3, 0.4) is 0 Å². The number of carbonyl (C=O) groups excluding carboxylic acids is 2. The molecule has 3 N–H and O–H groups in total. The van der Waals surface area contributed by atoms with Gasteiger partial charge >= 0.3 is 0 Å². The van der Waals surface area contributed by atoms with Crippen LogP contribution in [0, 0.1) is 17.0 Å². The standard InChI is InChI=1S/C17H14BrClN4O5S/c1-9-6-11(3-4-12(9)18)28-8-15(24)20-17(29)22-21-16(25)10-2-5-13(19)14(7-10)23(26)27/h2-7H,8H2,1H3,(H,21,25)(H2,20,22,24,29). The van der Waals surface area contributed by atoms with Gasteiger partial charge in [0.1, 0.15) is 10.8 Å². The zero-order valence-electron chi connectivity index (χ0n) is 14.8. The van der Waals surface area contributed by atoms with Crippen molar-refractivity contribution in [2.24, 2.45) is 0 Å². The number of hydrogen-bond acceptors (Lipinski definition) is 6. The van der Waals surface area contributed by atoms with Gasteiger partial charge in [0.25, 0.3) is 17.5 Å². The number of carbonyl (C=O) groups is 2. The van der Waals surface area contributed by atoms with E-state index >= 15 is 0 Å². The van der Waals surface area contributed by atoms with Crippen LogP contribution in [0.2, 0.25) is 5.02 Å². The number of nitrogens with one attached hydrogen (secondary N) is 3. The third-order valence-electron chi connectivity index (χ3n) is 3.45. The molecule has 0 aliphatic rings. The van der Waals surface area contributed by atoms with Crippen molar-refractivity contribution in [3.8, 4) is 5.75 Å². The number of halogens is 2. The first-order valence-electron chi connectivity index (χ1n) is 7.90. The quantitative estimate of drug-likeness (QED) is 0.327. The lowest BCUT2D eigenvalue weighted by Crippen LogP contribution is -2.49. The van der Waals surface area contributed by atoms with Crippen LogP contribution >= 0.6 is 39.7 Å². The number of amides is 2. The largest absolute Gasteiger partial charge is 0.484 e. The van der Waals surface area contributed by atoms with E-state index in [0.29, 0.717) is 5.75 Å². The van der Waals surface area contributed by atoms with Crippen LogP contribution in [0.25, 0.3) is 0 Å². The molecule has 152 valence electrons. The molecule has 0 fully saturated rings. The first-order chi connectivity index (χ1) is 13.7. The molecule has 0 radical (unpaired) electrons. The molecular weight excluding hydrogens is 488 g/mol. The Morgan fingerprint density at radius 3 is 2.62 bits per heavy atom. The fourth-order valence-corrected chi connectivity index (χ4v) is 2.63. The van der Waals surface area contributed by atoms with E-state index in [0.717, 1.165) is 16.1 Å². The molecule has 0 saturated carbocycles. The summed E-state index contributed by atoms with van der Waals surface area (Å²) in [6.45, 7) is 1.59. The van der Waals surface area contributed by atoms with Gasteiger partial charge in [0.15, 0.2) is 11.7 Å². The molecule has 0 saturated heterocycles. The van der Waals surface area contributed by atoms with E-state index in [1.807, 2.05) is 6.92 Å². The Balaban J connectivity index is 1.82. The van der Waals surface area contributed by atoms with Crippen LogP contribution in [-0.2, 0) is 4.79 Å². The lowest BCUT2D eigenvalue weighted by molar-refractivity contribution is -0.384. The van der Waals surface area contributed by atoms with Crippen molar-refractivity contribution in [1.29, 1.82) is 0 Å². The molecule has 2 amide bonds. The molecule has 0 aliphatic carbocycles. The number of thiocarbonyl (C=S) groups is 1. The van der Waals surface area contributed by atoms with E-state index in [4.69, 9.17) is 28.6 Å². The van der Waals surface area contributed by atoms with E-state index < -0.39 is 22.4 Å². The van der Waals surface area contributed by atoms with Crippen molar-refractivity contribution >= 4 is 62.4 Å². The van der Waals surface area contributed by atoms with Crippen molar-refractivity contribution in [2.45, 2.75) is 6.92 Å². The Bertz CT molecular complexity index is 988. The van der Waals surface area contributed by atoms with Gasteiger partial charge in [-0.15, -0.1) is 0 Å². The van der Waals surface area contributed by atoms with Crippen LogP contribution in [0.4, 0.5) is 5.69 Å². The Kier molecular flexibility index (Phi) is 7.88. The minimum Gasteiger partial charge on any atom is -0.484 e. The second kappa shape index (κ2) is 10.1. The summed E-state index contributed by atoms with van der Waals surface area (Å²) in [5.41, 5.74) is 5.07. The summed E-state index contributed by atoms with van der Waals surface area (Å²) in [6.07, 6.45) is 0. The number of ether oxygens (including phenoxy) is 1. The molecular formula is C17H14BrClN4O5S. The monoisotopic (exact) mass is 500 g/mol. The summed E-state index contributed by atoms with van der Waals surface area (Å²) in [5, 5.41) is 12.9. The number of benzene rings is 2. The van der Waals surface area contributed by atoms with E-state index in [9.17, 15) is 19.7 Å². The Morgan fingerprint density at radius 1 is 1.24 bits per heavy atom. The van der Waals surface area contributed by atoms with Crippen molar-refractivity contribution in [3.05, 3.63) is 67.1 Å². The lowest BCUT2D eigenvalue weighted by atomic mass is 10.2. The molecule has 0 unspecified atom stereocenters. The topological polar surface area (TPSA) is 123 Å². The molecule has 9 nitrogen and oxygen atoms in total. The maximum Gasteiger partial charge on any atom is 0.288 e. The molecule has 0 aromatic heterocycles. The summed E-state index contributed by atoms with van der Waals surface area (Å²) < 4.78 is 6.28. The fraction of sp³-hybridized carbons (Fsp3) is 0.118. The van der Waals surface area contributed by atoms with Gasteiger partial charge in [0.2, 0.25) is 0 Å². The van der Waals surface area contributed by atoms with Gasteiger partial charge in [-0.2, -0.15) is 0 Å². The first kappa shape index (κ1) is 22.5. The van der Waals surface area contributed by atoms with E-state index in [1.54, 1.807) is 18.2 Å². The van der Waals surface area contributed by atoms with Crippen LogP contribution in [0.15, 0.2) is 40.9 Å². The second-order valence-electron chi connectivity index (χ2n) is 5.58. The van der Waals surface area contributed by atoms with Crippen LogP contribution in [-0.4, -0.2) is 28.5 Å². The molecule has 0 bridgehead atoms. The van der Waals surface area contributed by atoms with Crippen LogP contribution < -0.4 is 20.9 Å². The zero-order chi connectivity index (χ0) is 21.6. The third-order valence-corrected chi connectivity index (χ3v) is 4.86. The number of hydrazine groups is 1. The summed E-state index contributed by atoms with van der Waals surface area (Å²) in [7, 11) is 0. The number of hydrogen-bond donors (Lipinski definition) is 3. The molecule has 0 spiro atoms. The van der Waals surface area contributed by atoms with Crippen molar-refractivity contribution in [1.82, 2.24) is 16.2 Å². The number of nitro groups is 1. The number of nitro benzene ring substituents is 1. The van der Waals surface area contributed by atoms with Crippen molar-refractivity contribution in [3.63, 3.8) is 0 Å². The lowest BCUT2D eigenvalue weighted by Gasteiger charge is -2.12. The number of nitrogens with zero attached hydrogens (tertiary/aromatic N) is 1. The Labute approximate surface area is 184 Å². The van der Waals surface area contributed by atoms with Gasteiger partial charge in [-0.1, -0.05) is 27.5 Å². The van der Waals surface area contributed by atoms with Gasteiger partial charge in [-0.05, 0) is 55.0 Å². The number of rotatable bonds is 5. The first-order valence-corrected chi connectivity index (χ1v) is 9.48. The summed E-state index contributed by atoms with van der Waals surface area (Å²) in [5.74, 6) is -0.736.